The second-order valence-corrected chi connectivity index (χ2v) is 5.34. The maximum absolute atomic E-state index is 14.0. The molecule has 3 aromatic rings. The Morgan fingerprint density at radius 3 is 1.91 bits per heavy atom. The summed E-state index contributed by atoms with van der Waals surface area (Å²) in [6, 6.07) is 22.1. The number of rotatable bonds is 2. The van der Waals surface area contributed by atoms with E-state index in [-0.39, 0.29) is 63.2 Å². The fourth-order valence-corrected chi connectivity index (χ4v) is 2.43. The third-order valence-corrected chi connectivity index (χ3v) is 3.75. The predicted octanol–water partition coefficient (Wildman–Crippen LogP) is 2.93. The Kier molecular flexibility index (Phi) is 6.54. The van der Waals surface area contributed by atoms with Crippen molar-refractivity contribution in [3.05, 3.63) is 83.1 Å². The van der Waals surface area contributed by atoms with Gasteiger partial charge in [0.25, 0.3) is 0 Å². The maximum Gasteiger partial charge on any atom is 1.00 e. The molecule has 0 spiro atoms. The van der Waals surface area contributed by atoms with Gasteiger partial charge < -0.3 is 0 Å². The van der Waals surface area contributed by atoms with Crippen LogP contribution in [0, 0.1) is 18.8 Å². The summed E-state index contributed by atoms with van der Waals surface area (Å²) in [7, 11) is 0. The smallest absolute Gasteiger partial charge is 0.282 e. The van der Waals surface area contributed by atoms with Gasteiger partial charge in [-0.05, 0) is 28.6 Å². The van der Waals surface area contributed by atoms with E-state index in [0.29, 0.717) is 5.56 Å². The van der Waals surface area contributed by atoms with Crippen molar-refractivity contribution in [2.75, 3.05) is 0 Å². The van der Waals surface area contributed by atoms with E-state index in [2.05, 4.69) is 37.3 Å². The molecule has 0 unspecified atom stereocenters. The summed E-state index contributed by atoms with van der Waals surface area (Å²) >= 11 is 5.78. The first-order valence-electron chi connectivity index (χ1n) is 6.68. The predicted molar refractivity (Wildman–Crippen MR) is 85.9 cm³/mol. The van der Waals surface area contributed by atoms with Crippen LogP contribution < -0.4 is 58.2 Å². The van der Waals surface area contributed by atoms with Crippen LogP contribution in [-0.4, -0.2) is 0 Å². The van der Waals surface area contributed by atoms with Crippen LogP contribution in [0.2, 0.25) is 5.02 Å². The molecule has 0 N–H and O–H groups in total. The third-order valence-electron chi connectivity index (χ3n) is 3.47. The van der Waals surface area contributed by atoms with E-state index in [9.17, 15) is 4.39 Å². The monoisotopic (exact) mass is 380 g/mol. The zero-order chi connectivity index (χ0) is 14.8. The summed E-state index contributed by atoms with van der Waals surface area (Å²) in [6.07, 6.45) is 0. The molecule has 0 aliphatic rings. The average Bonchev–Trinajstić information content (AvgIpc) is 2.51. The first kappa shape index (κ1) is 18.0. The van der Waals surface area contributed by atoms with Gasteiger partial charge in [-0.2, -0.15) is 18.2 Å². The number of aryl methyl sites for hydroxylation is 1. The minimum atomic E-state index is -0.428. The van der Waals surface area contributed by atoms with Crippen molar-refractivity contribution in [1.29, 1.82) is 0 Å². The van der Waals surface area contributed by atoms with Crippen LogP contribution in [0.1, 0.15) is 5.56 Å². The van der Waals surface area contributed by atoms with Gasteiger partial charge in [0.05, 0.1) is 0 Å². The molecule has 0 fully saturated rings. The van der Waals surface area contributed by atoms with Crippen LogP contribution in [0.5, 0.6) is 0 Å². The second-order valence-electron chi connectivity index (χ2n) is 4.96. The Morgan fingerprint density at radius 2 is 1.32 bits per heavy atom. The van der Waals surface area contributed by atoms with E-state index in [1.165, 1.54) is 5.56 Å². The van der Waals surface area contributed by atoms with E-state index in [1.807, 2.05) is 24.3 Å². The fourth-order valence-electron chi connectivity index (χ4n) is 2.26. The summed E-state index contributed by atoms with van der Waals surface area (Å²) in [5.41, 5.74) is 4.78. The molecule has 104 valence electrons. The van der Waals surface area contributed by atoms with Gasteiger partial charge in [-0.3, -0.25) is 4.39 Å². The van der Waals surface area contributed by atoms with Crippen molar-refractivity contribution in [3.8, 4) is 22.3 Å². The summed E-state index contributed by atoms with van der Waals surface area (Å²) in [5.74, 6) is -0.428. The van der Waals surface area contributed by atoms with Gasteiger partial charge in [0.2, 0.25) is 0 Å². The van der Waals surface area contributed by atoms with Crippen LogP contribution in [0.15, 0.2) is 60.7 Å². The van der Waals surface area contributed by atoms with E-state index >= 15 is 0 Å². The SMILES string of the molecule is Cc1ccc(-c2ccc(-c3cc[c-]c(Cl)c3F)cc2)cc1.[Rb+]. The minimum Gasteiger partial charge on any atom is -0.282 e. The Bertz CT molecular complexity index is 764. The van der Waals surface area contributed by atoms with Gasteiger partial charge >= 0.3 is 58.2 Å². The summed E-state index contributed by atoms with van der Waals surface area (Å²) in [4.78, 5) is 0. The van der Waals surface area contributed by atoms with Crippen molar-refractivity contribution in [2.24, 2.45) is 0 Å². The molecule has 0 saturated heterocycles. The van der Waals surface area contributed by atoms with Crippen molar-refractivity contribution >= 4 is 11.6 Å². The zero-order valence-electron chi connectivity index (χ0n) is 12.5. The summed E-state index contributed by atoms with van der Waals surface area (Å²) in [5, 5.41) is 0.0233. The summed E-state index contributed by atoms with van der Waals surface area (Å²) in [6.45, 7) is 2.06. The van der Waals surface area contributed by atoms with Gasteiger partial charge in [-0.15, -0.1) is 11.6 Å². The second kappa shape index (κ2) is 7.98. The van der Waals surface area contributed by atoms with Crippen molar-refractivity contribution in [1.82, 2.24) is 0 Å². The van der Waals surface area contributed by atoms with Crippen molar-refractivity contribution < 1.29 is 62.6 Å². The first-order valence-corrected chi connectivity index (χ1v) is 7.06. The maximum atomic E-state index is 14.0. The normalized spacial score (nSPS) is 10.1. The largest absolute Gasteiger partial charge is 1.00 e. The quantitative estimate of drug-likeness (QED) is 0.599. The molecule has 0 atom stereocenters. The Hall–Kier alpha value is -0.315. The van der Waals surface area contributed by atoms with Crippen LogP contribution >= 0.6 is 11.6 Å². The Balaban J connectivity index is 0.00000176. The number of hydrogen-bond acceptors (Lipinski definition) is 0. The number of halogens is 2. The molecule has 3 aromatic carbocycles. The van der Waals surface area contributed by atoms with Crippen LogP contribution in [0.25, 0.3) is 22.3 Å². The molecule has 0 aromatic heterocycles. The molecule has 0 amide bonds. The molecule has 22 heavy (non-hydrogen) atoms. The number of benzene rings is 3. The molecule has 3 heteroatoms. The van der Waals surface area contributed by atoms with Gasteiger partial charge in [-0.1, -0.05) is 59.7 Å². The van der Waals surface area contributed by atoms with Gasteiger partial charge in [0, 0.05) is 5.82 Å². The molecular formula is C19H13ClFRb. The molecule has 0 aliphatic carbocycles. The average molecular weight is 381 g/mol. The van der Waals surface area contributed by atoms with Crippen LogP contribution in [-0.2, 0) is 0 Å². The summed E-state index contributed by atoms with van der Waals surface area (Å²) < 4.78 is 14.0. The molecule has 0 aliphatic heterocycles. The van der Waals surface area contributed by atoms with E-state index < -0.39 is 5.82 Å². The molecule has 0 bridgehead atoms. The van der Waals surface area contributed by atoms with E-state index in [4.69, 9.17) is 11.6 Å². The molecule has 0 radical (unpaired) electrons. The molecule has 0 heterocycles. The minimum absolute atomic E-state index is 0. The van der Waals surface area contributed by atoms with Gasteiger partial charge in [0.15, 0.2) is 0 Å². The zero-order valence-corrected chi connectivity index (χ0v) is 18.2. The van der Waals surface area contributed by atoms with Crippen LogP contribution in [0.4, 0.5) is 4.39 Å². The number of hydrogen-bond donors (Lipinski definition) is 0. The third kappa shape index (κ3) is 3.96. The molecule has 3 rings (SSSR count). The molecule has 0 saturated carbocycles. The van der Waals surface area contributed by atoms with Crippen molar-refractivity contribution in [3.63, 3.8) is 0 Å². The van der Waals surface area contributed by atoms with Gasteiger partial charge in [-0.25, -0.2) is 0 Å². The molecule has 0 nitrogen and oxygen atoms in total. The van der Waals surface area contributed by atoms with Gasteiger partial charge in [0.1, 0.15) is 0 Å². The topological polar surface area (TPSA) is 0 Å². The molecular weight excluding hydrogens is 368 g/mol. The van der Waals surface area contributed by atoms with Crippen LogP contribution in [0.3, 0.4) is 0 Å². The Morgan fingerprint density at radius 1 is 0.818 bits per heavy atom. The van der Waals surface area contributed by atoms with E-state index in [1.54, 1.807) is 12.1 Å². The fraction of sp³-hybridized carbons (Fsp3) is 0.0526. The first-order chi connectivity index (χ1) is 10.1. The van der Waals surface area contributed by atoms with E-state index in [0.717, 1.165) is 16.7 Å². The standard InChI is InChI=1S/C19H13ClF.Rb/c1-13-5-7-14(8-6-13)15-9-11-16(12-10-15)17-3-2-4-18(20)19(17)21;/h2-3,5-12H,1H3;/q-1;+1. The Labute approximate surface area is 184 Å². The van der Waals surface area contributed by atoms with Crippen molar-refractivity contribution in [2.45, 2.75) is 6.92 Å².